The van der Waals surface area contributed by atoms with Crippen LogP contribution in [0.5, 0.6) is 0 Å². The fraction of sp³-hybridized carbons (Fsp3) is 0.400. The Labute approximate surface area is 107 Å². The maximum absolute atomic E-state index is 11.4. The highest BCUT2D eigenvalue weighted by Gasteiger charge is 2.23. The van der Waals surface area contributed by atoms with Gasteiger partial charge in [0.05, 0.1) is 18.4 Å². The number of unbranched alkanes of at least 4 members (excludes halogenated alkanes) is 1. The van der Waals surface area contributed by atoms with Gasteiger partial charge in [0.25, 0.3) is 0 Å². The lowest BCUT2D eigenvalue weighted by molar-refractivity contribution is 0.0535. The molecule has 3 heteroatoms. The van der Waals surface area contributed by atoms with Gasteiger partial charge in [-0.1, -0.05) is 19.4 Å². The van der Waals surface area contributed by atoms with Crippen molar-refractivity contribution in [3.8, 4) is 0 Å². The van der Waals surface area contributed by atoms with Crippen LogP contribution in [0.3, 0.4) is 0 Å². The minimum Gasteiger partial charge on any atom is -0.501 e. The first-order valence-electron chi connectivity index (χ1n) is 6.31. The predicted octanol–water partition coefficient (Wildman–Crippen LogP) is 3.45. The van der Waals surface area contributed by atoms with Gasteiger partial charge in [-0.05, 0) is 36.6 Å². The normalized spacial score (nSPS) is 13.8. The molecule has 0 unspecified atom stereocenters. The molecule has 2 rings (SSSR count). The van der Waals surface area contributed by atoms with Crippen molar-refractivity contribution in [1.82, 2.24) is 0 Å². The highest BCUT2D eigenvalue weighted by Crippen LogP contribution is 2.26. The van der Waals surface area contributed by atoms with Gasteiger partial charge in [0, 0.05) is 5.56 Å². The molecule has 0 fully saturated rings. The van der Waals surface area contributed by atoms with Gasteiger partial charge < -0.3 is 9.47 Å². The van der Waals surface area contributed by atoms with Gasteiger partial charge in [-0.3, -0.25) is 0 Å². The van der Waals surface area contributed by atoms with Crippen LogP contribution in [0.25, 0.3) is 6.08 Å². The van der Waals surface area contributed by atoms with Crippen molar-refractivity contribution in [3.05, 3.63) is 40.6 Å². The maximum atomic E-state index is 11.4. The Bertz CT molecular complexity index is 475. The standard InChI is InChI=1S/C15H18O3/c1-3-4-8-17-9-7-12-5-6-13-14(11(12)2)10-18-15(13)16/h5-7,9H,3-4,8,10H2,1-2H3. The molecule has 1 aromatic carbocycles. The average molecular weight is 246 g/mol. The van der Waals surface area contributed by atoms with Crippen LogP contribution in [0.2, 0.25) is 0 Å². The van der Waals surface area contributed by atoms with E-state index in [1.165, 1.54) is 0 Å². The number of ether oxygens (including phenoxy) is 2. The average Bonchev–Trinajstić information content (AvgIpc) is 2.74. The van der Waals surface area contributed by atoms with Crippen LogP contribution in [-0.2, 0) is 16.1 Å². The second kappa shape index (κ2) is 5.71. The van der Waals surface area contributed by atoms with Crippen LogP contribution in [0.4, 0.5) is 0 Å². The fourth-order valence-electron chi connectivity index (χ4n) is 1.97. The van der Waals surface area contributed by atoms with Crippen LogP contribution < -0.4 is 0 Å². The van der Waals surface area contributed by atoms with Gasteiger partial charge in [0.1, 0.15) is 6.61 Å². The van der Waals surface area contributed by atoms with Crippen molar-refractivity contribution < 1.29 is 14.3 Å². The summed E-state index contributed by atoms with van der Waals surface area (Å²) in [5.74, 6) is -0.220. The molecule has 1 aromatic rings. The third-order valence-electron chi connectivity index (χ3n) is 3.17. The second-order valence-corrected chi connectivity index (χ2v) is 4.41. The lowest BCUT2D eigenvalue weighted by atomic mass is 9.99. The SMILES string of the molecule is CCCCOC=Cc1ccc2c(c1C)COC2=O. The van der Waals surface area contributed by atoms with Crippen molar-refractivity contribution in [2.45, 2.75) is 33.3 Å². The molecule has 0 aromatic heterocycles. The Morgan fingerprint density at radius 3 is 3.06 bits per heavy atom. The molecule has 1 aliphatic rings. The van der Waals surface area contributed by atoms with Gasteiger partial charge in [0.2, 0.25) is 0 Å². The number of carbonyl (C=O) groups excluding carboxylic acids is 1. The molecule has 96 valence electrons. The van der Waals surface area contributed by atoms with Crippen molar-refractivity contribution in [2.75, 3.05) is 6.61 Å². The minimum atomic E-state index is -0.220. The van der Waals surface area contributed by atoms with Crippen molar-refractivity contribution in [1.29, 1.82) is 0 Å². The molecule has 0 N–H and O–H groups in total. The molecule has 0 aliphatic carbocycles. The van der Waals surface area contributed by atoms with E-state index >= 15 is 0 Å². The lowest BCUT2D eigenvalue weighted by Gasteiger charge is -2.05. The number of hydrogen-bond acceptors (Lipinski definition) is 3. The number of benzene rings is 1. The Morgan fingerprint density at radius 1 is 1.44 bits per heavy atom. The van der Waals surface area contributed by atoms with Crippen molar-refractivity contribution in [3.63, 3.8) is 0 Å². The second-order valence-electron chi connectivity index (χ2n) is 4.41. The van der Waals surface area contributed by atoms with E-state index in [0.717, 1.165) is 36.1 Å². The highest BCUT2D eigenvalue weighted by atomic mass is 16.5. The van der Waals surface area contributed by atoms with Gasteiger partial charge >= 0.3 is 5.97 Å². The first kappa shape index (κ1) is 12.7. The zero-order chi connectivity index (χ0) is 13.0. The third kappa shape index (κ3) is 2.55. The zero-order valence-corrected chi connectivity index (χ0v) is 10.9. The number of carbonyl (C=O) groups is 1. The molecule has 1 aliphatic heterocycles. The molecule has 0 bridgehead atoms. The van der Waals surface area contributed by atoms with Crippen molar-refractivity contribution in [2.24, 2.45) is 0 Å². The Balaban J connectivity index is 2.09. The summed E-state index contributed by atoms with van der Waals surface area (Å²) in [4.78, 5) is 11.4. The molecule has 0 radical (unpaired) electrons. The van der Waals surface area contributed by atoms with Crippen LogP contribution in [0.15, 0.2) is 18.4 Å². The predicted molar refractivity (Wildman–Crippen MR) is 70.2 cm³/mol. The Hall–Kier alpha value is -1.77. The van der Waals surface area contributed by atoms with Crippen LogP contribution in [-0.4, -0.2) is 12.6 Å². The lowest BCUT2D eigenvalue weighted by Crippen LogP contribution is -1.95. The molecule has 0 saturated heterocycles. The topological polar surface area (TPSA) is 35.5 Å². The summed E-state index contributed by atoms with van der Waals surface area (Å²) < 4.78 is 10.4. The third-order valence-corrected chi connectivity index (χ3v) is 3.17. The quantitative estimate of drug-likeness (QED) is 0.453. The Morgan fingerprint density at radius 2 is 2.28 bits per heavy atom. The van der Waals surface area contributed by atoms with E-state index in [1.54, 1.807) is 6.26 Å². The van der Waals surface area contributed by atoms with E-state index in [2.05, 4.69) is 6.92 Å². The van der Waals surface area contributed by atoms with E-state index in [9.17, 15) is 4.79 Å². The summed E-state index contributed by atoms with van der Waals surface area (Å²) in [5, 5.41) is 0. The van der Waals surface area contributed by atoms with E-state index in [4.69, 9.17) is 9.47 Å². The van der Waals surface area contributed by atoms with Gasteiger partial charge in [0.15, 0.2) is 0 Å². The fourth-order valence-corrected chi connectivity index (χ4v) is 1.97. The zero-order valence-electron chi connectivity index (χ0n) is 10.9. The Kier molecular flexibility index (Phi) is 4.03. The number of esters is 1. The summed E-state index contributed by atoms with van der Waals surface area (Å²) >= 11 is 0. The van der Waals surface area contributed by atoms with Crippen LogP contribution in [0, 0.1) is 6.92 Å². The first-order chi connectivity index (χ1) is 8.74. The molecule has 18 heavy (non-hydrogen) atoms. The summed E-state index contributed by atoms with van der Waals surface area (Å²) in [6.07, 6.45) is 5.86. The summed E-state index contributed by atoms with van der Waals surface area (Å²) in [6.45, 7) is 5.28. The molecule has 0 spiro atoms. The molecule has 3 nitrogen and oxygen atoms in total. The van der Waals surface area contributed by atoms with Gasteiger partial charge in [-0.25, -0.2) is 4.79 Å². The van der Waals surface area contributed by atoms with Crippen molar-refractivity contribution >= 4 is 12.0 Å². The van der Waals surface area contributed by atoms with E-state index in [-0.39, 0.29) is 5.97 Å². The molecule has 0 amide bonds. The molecule has 0 atom stereocenters. The molecule has 0 saturated carbocycles. The maximum Gasteiger partial charge on any atom is 0.338 e. The molecule has 1 heterocycles. The largest absolute Gasteiger partial charge is 0.501 e. The number of cyclic esters (lactones) is 1. The summed E-state index contributed by atoms with van der Waals surface area (Å²) in [6, 6.07) is 3.75. The number of fused-ring (bicyclic) bond motifs is 1. The summed E-state index contributed by atoms with van der Waals surface area (Å²) in [5.41, 5.74) is 3.85. The van der Waals surface area contributed by atoms with Crippen LogP contribution in [0.1, 0.15) is 46.8 Å². The monoisotopic (exact) mass is 246 g/mol. The van der Waals surface area contributed by atoms with E-state index in [1.807, 2.05) is 25.1 Å². The number of hydrogen-bond donors (Lipinski definition) is 0. The van der Waals surface area contributed by atoms with Gasteiger partial charge in [-0.2, -0.15) is 0 Å². The van der Waals surface area contributed by atoms with Gasteiger partial charge in [-0.15, -0.1) is 0 Å². The number of rotatable bonds is 5. The first-order valence-corrected chi connectivity index (χ1v) is 6.31. The van der Waals surface area contributed by atoms with Crippen LogP contribution >= 0.6 is 0 Å². The highest BCUT2D eigenvalue weighted by molar-refractivity contribution is 5.94. The van der Waals surface area contributed by atoms with E-state index < -0.39 is 0 Å². The molecular formula is C15H18O3. The summed E-state index contributed by atoms with van der Waals surface area (Å²) in [7, 11) is 0. The smallest absolute Gasteiger partial charge is 0.338 e. The molecular weight excluding hydrogens is 228 g/mol. The van der Waals surface area contributed by atoms with E-state index in [0.29, 0.717) is 12.2 Å². The minimum absolute atomic E-state index is 0.220.